The van der Waals surface area contributed by atoms with Crippen LogP contribution in [0.1, 0.15) is 13.8 Å². The van der Waals surface area contributed by atoms with Crippen molar-refractivity contribution in [3.05, 3.63) is 24.3 Å². The van der Waals surface area contributed by atoms with Gasteiger partial charge in [-0.1, -0.05) is 6.07 Å². The standard InChI is InChI=1S/C14H21N3O2/c1-10(18-3)14(2)9-16-13(15)17(14)11-6-5-7-12(8-11)19-4/h5-8,10H,9H2,1-4H3,(H2,15,16). The Hall–Kier alpha value is -1.75. The van der Waals surface area contributed by atoms with Crippen molar-refractivity contribution in [2.24, 2.45) is 10.7 Å². The van der Waals surface area contributed by atoms with E-state index in [-0.39, 0.29) is 11.6 Å². The maximum Gasteiger partial charge on any atom is 0.196 e. The third kappa shape index (κ3) is 2.26. The molecule has 1 aliphatic rings. The SMILES string of the molecule is COc1cccc(N2C(N)=NCC2(C)C(C)OC)c1. The molecule has 1 aromatic rings. The lowest BCUT2D eigenvalue weighted by molar-refractivity contribution is 0.0645. The van der Waals surface area contributed by atoms with E-state index in [2.05, 4.69) is 11.9 Å². The van der Waals surface area contributed by atoms with Gasteiger partial charge in [0.15, 0.2) is 5.96 Å². The normalized spacial score (nSPS) is 24.2. The Balaban J connectivity index is 2.41. The first kappa shape index (κ1) is 13.7. The quantitative estimate of drug-likeness (QED) is 0.897. The molecular formula is C14H21N3O2. The van der Waals surface area contributed by atoms with Crippen molar-refractivity contribution in [2.45, 2.75) is 25.5 Å². The van der Waals surface area contributed by atoms with E-state index < -0.39 is 0 Å². The third-order valence-corrected chi connectivity index (χ3v) is 3.84. The summed E-state index contributed by atoms with van der Waals surface area (Å²) in [5.74, 6) is 1.31. The number of hydrogen-bond acceptors (Lipinski definition) is 5. The van der Waals surface area contributed by atoms with Crippen LogP contribution in [0.2, 0.25) is 0 Å². The van der Waals surface area contributed by atoms with Crippen molar-refractivity contribution in [2.75, 3.05) is 25.7 Å². The van der Waals surface area contributed by atoms with Gasteiger partial charge < -0.3 is 20.1 Å². The van der Waals surface area contributed by atoms with Crippen LogP contribution in [0, 0.1) is 0 Å². The Morgan fingerprint density at radius 3 is 2.79 bits per heavy atom. The van der Waals surface area contributed by atoms with E-state index in [9.17, 15) is 0 Å². The number of ether oxygens (including phenoxy) is 2. The fourth-order valence-corrected chi connectivity index (χ4v) is 2.39. The Labute approximate surface area is 114 Å². The second-order valence-corrected chi connectivity index (χ2v) is 4.95. The van der Waals surface area contributed by atoms with Crippen molar-refractivity contribution in [1.82, 2.24) is 0 Å². The molecular weight excluding hydrogens is 242 g/mol. The Morgan fingerprint density at radius 2 is 2.16 bits per heavy atom. The molecule has 5 nitrogen and oxygen atoms in total. The van der Waals surface area contributed by atoms with Gasteiger partial charge in [0.1, 0.15) is 5.75 Å². The number of methoxy groups -OCH3 is 2. The monoisotopic (exact) mass is 263 g/mol. The molecule has 0 fully saturated rings. The van der Waals surface area contributed by atoms with Crippen molar-refractivity contribution in [3.63, 3.8) is 0 Å². The van der Waals surface area contributed by atoms with Crippen molar-refractivity contribution in [3.8, 4) is 5.75 Å². The number of hydrogen-bond donors (Lipinski definition) is 1. The first-order valence-electron chi connectivity index (χ1n) is 6.30. The van der Waals surface area contributed by atoms with Gasteiger partial charge in [-0.25, -0.2) is 0 Å². The first-order valence-corrected chi connectivity index (χ1v) is 6.30. The summed E-state index contributed by atoms with van der Waals surface area (Å²) >= 11 is 0. The zero-order chi connectivity index (χ0) is 14.0. The van der Waals surface area contributed by atoms with E-state index in [1.165, 1.54) is 0 Å². The molecule has 0 saturated carbocycles. The van der Waals surface area contributed by atoms with E-state index in [0.717, 1.165) is 11.4 Å². The highest BCUT2D eigenvalue weighted by Gasteiger charge is 2.43. The molecule has 1 heterocycles. The molecule has 19 heavy (non-hydrogen) atoms. The number of nitrogens with zero attached hydrogens (tertiary/aromatic N) is 2. The highest BCUT2D eigenvalue weighted by molar-refractivity contribution is 5.98. The Morgan fingerprint density at radius 1 is 1.42 bits per heavy atom. The molecule has 2 atom stereocenters. The van der Waals surface area contributed by atoms with Crippen molar-refractivity contribution in [1.29, 1.82) is 0 Å². The molecule has 1 aliphatic heterocycles. The summed E-state index contributed by atoms with van der Waals surface area (Å²) in [6, 6.07) is 7.80. The fraction of sp³-hybridized carbons (Fsp3) is 0.500. The fourth-order valence-electron chi connectivity index (χ4n) is 2.39. The van der Waals surface area contributed by atoms with Crippen LogP contribution in [0.5, 0.6) is 5.75 Å². The molecule has 0 aliphatic carbocycles. The van der Waals surface area contributed by atoms with Gasteiger partial charge in [0, 0.05) is 18.9 Å². The minimum atomic E-state index is -0.287. The van der Waals surface area contributed by atoms with Gasteiger partial charge in [-0.2, -0.15) is 0 Å². The van der Waals surface area contributed by atoms with Crippen molar-refractivity contribution >= 4 is 11.6 Å². The van der Waals surface area contributed by atoms with Gasteiger partial charge in [0.05, 0.1) is 25.3 Å². The van der Waals surface area contributed by atoms with Gasteiger partial charge in [-0.3, -0.25) is 4.99 Å². The second kappa shape index (κ2) is 5.09. The van der Waals surface area contributed by atoms with Crippen LogP contribution in [0.3, 0.4) is 0 Å². The van der Waals surface area contributed by atoms with Crippen LogP contribution < -0.4 is 15.4 Å². The molecule has 0 saturated heterocycles. The lowest BCUT2D eigenvalue weighted by Gasteiger charge is -2.40. The molecule has 0 bridgehead atoms. The summed E-state index contributed by atoms with van der Waals surface area (Å²) in [6.07, 6.45) is 0.00324. The van der Waals surface area contributed by atoms with Crippen LogP contribution in [0.4, 0.5) is 5.69 Å². The van der Waals surface area contributed by atoms with Crippen LogP contribution >= 0.6 is 0 Å². The molecule has 0 spiro atoms. The zero-order valence-corrected chi connectivity index (χ0v) is 11.9. The summed E-state index contributed by atoms with van der Waals surface area (Å²) in [6.45, 7) is 4.75. The topological polar surface area (TPSA) is 60.1 Å². The molecule has 2 unspecified atom stereocenters. The van der Waals surface area contributed by atoms with Gasteiger partial charge in [-0.15, -0.1) is 0 Å². The first-order chi connectivity index (χ1) is 9.02. The predicted octanol–water partition coefficient (Wildman–Crippen LogP) is 1.62. The average Bonchev–Trinajstić information content (AvgIpc) is 2.74. The maximum atomic E-state index is 6.05. The summed E-state index contributed by atoms with van der Waals surface area (Å²) in [7, 11) is 3.35. The van der Waals surface area contributed by atoms with Gasteiger partial charge in [-0.05, 0) is 26.0 Å². The zero-order valence-electron chi connectivity index (χ0n) is 11.9. The molecule has 2 rings (SSSR count). The highest BCUT2D eigenvalue weighted by atomic mass is 16.5. The van der Waals surface area contributed by atoms with E-state index >= 15 is 0 Å². The molecule has 2 N–H and O–H groups in total. The van der Waals surface area contributed by atoms with Crippen LogP contribution in [0.25, 0.3) is 0 Å². The molecule has 0 aromatic heterocycles. The van der Waals surface area contributed by atoms with Gasteiger partial charge in [0.2, 0.25) is 0 Å². The number of guanidine groups is 1. The minimum absolute atomic E-state index is 0.00324. The summed E-state index contributed by atoms with van der Waals surface area (Å²) < 4.78 is 10.8. The van der Waals surface area contributed by atoms with Crippen molar-refractivity contribution < 1.29 is 9.47 Å². The van der Waals surface area contributed by atoms with Crippen LogP contribution in [0.15, 0.2) is 29.3 Å². The lowest BCUT2D eigenvalue weighted by Crippen LogP contribution is -2.56. The summed E-state index contributed by atoms with van der Waals surface area (Å²) in [5, 5.41) is 0. The largest absolute Gasteiger partial charge is 0.497 e. The van der Waals surface area contributed by atoms with Crippen LogP contribution in [-0.4, -0.2) is 38.4 Å². The summed E-state index contributed by atoms with van der Waals surface area (Å²) in [4.78, 5) is 6.39. The smallest absolute Gasteiger partial charge is 0.196 e. The molecule has 0 amide bonds. The molecule has 1 aromatic carbocycles. The third-order valence-electron chi connectivity index (χ3n) is 3.84. The number of nitrogens with two attached hydrogens (primary N) is 1. The predicted molar refractivity (Wildman–Crippen MR) is 76.8 cm³/mol. The van der Waals surface area contributed by atoms with Gasteiger partial charge >= 0.3 is 0 Å². The van der Waals surface area contributed by atoms with E-state index in [0.29, 0.717) is 12.5 Å². The molecule has 5 heteroatoms. The van der Waals surface area contributed by atoms with E-state index in [4.69, 9.17) is 15.2 Å². The number of rotatable bonds is 4. The number of benzene rings is 1. The maximum absolute atomic E-state index is 6.05. The van der Waals surface area contributed by atoms with Crippen LogP contribution in [-0.2, 0) is 4.74 Å². The van der Waals surface area contributed by atoms with E-state index in [1.807, 2.05) is 36.1 Å². The molecule has 104 valence electrons. The molecule has 0 radical (unpaired) electrons. The number of aliphatic imine (C=N–C) groups is 1. The second-order valence-electron chi connectivity index (χ2n) is 4.95. The van der Waals surface area contributed by atoms with E-state index in [1.54, 1.807) is 14.2 Å². The Kier molecular flexibility index (Phi) is 3.66. The minimum Gasteiger partial charge on any atom is -0.497 e. The Bertz CT molecular complexity index is 489. The summed E-state index contributed by atoms with van der Waals surface area (Å²) in [5.41, 5.74) is 6.73. The van der Waals surface area contributed by atoms with Gasteiger partial charge in [0.25, 0.3) is 0 Å². The lowest BCUT2D eigenvalue weighted by atomic mass is 9.94. The highest BCUT2D eigenvalue weighted by Crippen LogP contribution is 2.33. The average molecular weight is 263 g/mol. The number of anilines is 1.